The molecule has 0 saturated heterocycles. The van der Waals surface area contributed by atoms with Gasteiger partial charge in [-0.25, -0.2) is 0 Å². The summed E-state index contributed by atoms with van der Waals surface area (Å²) >= 11 is 0. The molecule has 108 valence electrons. The first kappa shape index (κ1) is 15.8. The maximum Gasteiger partial charge on any atom is 0.267 e. The van der Waals surface area contributed by atoms with E-state index in [1.54, 1.807) is 18.5 Å². The van der Waals surface area contributed by atoms with Crippen LogP contribution in [0.3, 0.4) is 0 Å². The van der Waals surface area contributed by atoms with E-state index >= 15 is 0 Å². The van der Waals surface area contributed by atoms with Crippen LogP contribution < -0.4 is 11.1 Å². The molecule has 1 aromatic rings. The normalized spacial score (nSPS) is 14.1. The Labute approximate surface area is 117 Å². The Morgan fingerprint density at radius 3 is 2.84 bits per heavy atom. The van der Waals surface area contributed by atoms with Crippen molar-refractivity contribution in [3.8, 4) is 0 Å². The number of anilines is 1. The maximum atomic E-state index is 12.0. The van der Waals surface area contributed by atoms with E-state index < -0.39 is 10.8 Å². The van der Waals surface area contributed by atoms with Gasteiger partial charge >= 0.3 is 0 Å². The van der Waals surface area contributed by atoms with Gasteiger partial charge in [-0.2, -0.15) is 0 Å². The van der Waals surface area contributed by atoms with Crippen molar-refractivity contribution in [1.29, 1.82) is 0 Å². The van der Waals surface area contributed by atoms with Crippen LogP contribution in [-0.4, -0.2) is 32.7 Å². The van der Waals surface area contributed by atoms with Crippen LogP contribution in [0.5, 0.6) is 0 Å². The zero-order valence-electron chi connectivity index (χ0n) is 11.8. The number of nitrogens with one attached hydrogen (secondary N) is 1. The van der Waals surface area contributed by atoms with Crippen molar-refractivity contribution in [2.24, 2.45) is 0 Å². The maximum absolute atomic E-state index is 12.0. The number of aromatic nitrogens is 1. The van der Waals surface area contributed by atoms with Gasteiger partial charge in [0.1, 0.15) is 5.69 Å². The average Bonchev–Trinajstić information content (AvgIpc) is 2.70. The third kappa shape index (κ3) is 4.70. The highest BCUT2D eigenvalue weighted by Crippen LogP contribution is 2.11. The zero-order valence-corrected chi connectivity index (χ0v) is 12.6. The highest BCUT2D eigenvalue weighted by molar-refractivity contribution is 7.84. The number of nitrogen functional groups attached to an aromatic ring is 1. The van der Waals surface area contributed by atoms with Crippen molar-refractivity contribution in [3.63, 3.8) is 0 Å². The molecule has 3 N–H and O–H groups in total. The van der Waals surface area contributed by atoms with Crippen LogP contribution >= 0.6 is 0 Å². The summed E-state index contributed by atoms with van der Waals surface area (Å²) in [4.78, 5) is 12.0. The van der Waals surface area contributed by atoms with E-state index in [9.17, 15) is 9.00 Å². The Morgan fingerprint density at radius 1 is 1.58 bits per heavy atom. The number of rotatable bonds is 7. The number of amides is 1. The fourth-order valence-electron chi connectivity index (χ4n) is 1.79. The average molecular weight is 285 g/mol. The summed E-state index contributed by atoms with van der Waals surface area (Å²) in [5.74, 6) is -0.126. The molecule has 0 aliphatic heterocycles. The van der Waals surface area contributed by atoms with E-state index in [2.05, 4.69) is 12.2 Å². The number of carbonyl (C=O) groups excluding carboxylic acids is 1. The molecular weight excluding hydrogens is 262 g/mol. The van der Waals surface area contributed by atoms with Crippen molar-refractivity contribution >= 4 is 22.4 Å². The highest BCUT2D eigenvalue weighted by Gasteiger charge is 2.13. The standard InChI is InChI=1S/C13H23N3O2S/c1-4-7-16-9-11(14)8-12(16)13(17)15-6-5-10(2)19(3)18/h8-10H,4-7,14H2,1-3H3,(H,15,17). The fourth-order valence-corrected chi connectivity index (χ4v) is 2.24. The second-order valence-electron chi connectivity index (χ2n) is 4.71. The lowest BCUT2D eigenvalue weighted by Crippen LogP contribution is -2.29. The van der Waals surface area contributed by atoms with Crippen LogP contribution in [0.25, 0.3) is 0 Å². The second kappa shape index (κ2) is 7.33. The van der Waals surface area contributed by atoms with Crippen LogP contribution in [0, 0.1) is 0 Å². The van der Waals surface area contributed by atoms with Crippen LogP contribution in [0.1, 0.15) is 37.2 Å². The molecule has 0 aliphatic carbocycles. The molecule has 1 rings (SSSR count). The minimum atomic E-state index is -0.849. The van der Waals surface area contributed by atoms with Gasteiger partial charge in [0.25, 0.3) is 5.91 Å². The van der Waals surface area contributed by atoms with Crippen LogP contribution in [0.2, 0.25) is 0 Å². The number of nitrogens with zero attached hydrogens (tertiary/aromatic N) is 1. The number of hydrogen-bond acceptors (Lipinski definition) is 3. The molecule has 2 unspecified atom stereocenters. The Hall–Kier alpha value is -1.30. The van der Waals surface area contributed by atoms with Crippen LogP contribution in [0.15, 0.2) is 12.3 Å². The fraction of sp³-hybridized carbons (Fsp3) is 0.615. The Morgan fingerprint density at radius 2 is 2.26 bits per heavy atom. The third-order valence-corrected chi connectivity index (χ3v) is 4.39. The predicted molar refractivity (Wildman–Crippen MR) is 79.6 cm³/mol. The number of hydrogen-bond donors (Lipinski definition) is 2. The van der Waals surface area contributed by atoms with E-state index in [1.165, 1.54) is 0 Å². The molecule has 2 atom stereocenters. The molecule has 1 amide bonds. The van der Waals surface area contributed by atoms with Gasteiger partial charge in [-0.3, -0.25) is 9.00 Å². The van der Waals surface area contributed by atoms with Gasteiger partial charge in [0, 0.05) is 41.6 Å². The summed E-state index contributed by atoms with van der Waals surface area (Å²) in [7, 11) is -0.849. The molecule has 0 aliphatic rings. The van der Waals surface area contributed by atoms with Crippen molar-refractivity contribution in [2.45, 2.75) is 38.5 Å². The molecule has 19 heavy (non-hydrogen) atoms. The summed E-state index contributed by atoms with van der Waals surface area (Å²) < 4.78 is 13.1. The Balaban J connectivity index is 2.56. The molecule has 0 radical (unpaired) electrons. The summed E-state index contributed by atoms with van der Waals surface area (Å²) in [5, 5.41) is 2.94. The SMILES string of the molecule is CCCn1cc(N)cc1C(=O)NCCC(C)S(C)=O. The monoisotopic (exact) mass is 285 g/mol. The largest absolute Gasteiger partial charge is 0.397 e. The molecule has 0 aromatic carbocycles. The first-order chi connectivity index (χ1) is 8.95. The zero-order chi connectivity index (χ0) is 14.4. The first-order valence-electron chi connectivity index (χ1n) is 6.51. The van der Waals surface area contributed by atoms with E-state index in [0.717, 1.165) is 13.0 Å². The molecule has 1 aromatic heterocycles. The van der Waals surface area contributed by atoms with Crippen molar-refractivity contribution in [2.75, 3.05) is 18.5 Å². The van der Waals surface area contributed by atoms with Crippen molar-refractivity contribution in [1.82, 2.24) is 9.88 Å². The van der Waals surface area contributed by atoms with Gasteiger partial charge in [0.15, 0.2) is 0 Å². The number of nitrogens with two attached hydrogens (primary N) is 1. The summed E-state index contributed by atoms with van der Waals surface area (Å²) in [6.45, 7) is 5.27. The summed E-state index contributed by atoms with van der Waals surface area (Å²) in [6.07, 6.45) is 5.11. The van der Waals surface area contributed by atoms with E-state index in [0.29, 0.717) is 24.3 Å². The lowest BCUT2D eigenvalue weighted by Gasteiger charge is -2.10. The molecule has 5 nitrogen and oxygen atoms in total. The van der Waals surface area contributed by atoms with Crippen LogP contribution in [0.4, 0.5) is 5.69 Å². The van der Waals surface area contributed by atoms with Crippen molar-refractivity contribution < 1.29 is 9.00 Å². The molecule has 0 saturated carbocycles. The first-order valence-corrected chi connectivity index (χ1v) is 8.13. The minimum Gasteiger partial charge on any atom is -0.397 e. The topological polar surface area (TPSA) is 77.1 Å². The third-order valence-electron chi connectivity index (χ3n) is 3.02. The number of aryl methyl sites for hydroxylation is 1. The van der Waals surface area contributed by atoms with Gasteiger partial charge in [-0.05, 0) is 18.9 Å². The molecule has 1 heterocycles. The smallest absolute Gasteiger partial charge is 0.267 e. The molecule has 0 spiro atoms. The quantitative estimate of drug-likeness (QED) is 0.794. The van der Waals surface area contributed by atoms with Crippen LogP contribution in [-0.2, 0) is 17.3 Å². The van der Waals surface area contributed by atoms with Crippen molar-refractivity contribution in [3.05, 3.63) is 18.0 Å². The molecule has 6 heteroatoms. The van der Waals surface area contributed by atoms with Gasteiger partial charge < -0.3 is 15.6 Å². The van der Waals surface area contributed by atoms with E-state index in [-0.39, 0.29) is 11.2 Å². The molecular formula is C13H23N3O2S. The lowest BCUT2D eigenvalue weighted by molar-refractivity contribution is 0.0944. The molecule has 0 fully saturated rings. The van der Waals surface area contributed by atoms with Gasteiger partial charge in [-0.1, -0.05) is 13.8 Å². The van der Waals surface area contributed by atoms with E-state index in [1.807, 2.05) is 11.5 Å². The molecule has 0 bridgehead atoms. The predicted octanol–water partition coefficient (Wildman–Crippen LogP) is 1.37. The Bertz CT molecular complexity index is 457. The minimum absolute atomic E-state index is 0.0906. The second-order valence-corrected chi connectivity index (χ2v) is 6.51. The lowest BCUT2D eigenvalue weighted by atomic mass is 10.3. The summed E-state index contributed by atoms with van der Waals surface area (Å²) in [6, 6.07) is 1.69. The Kier molecular flexibility index (Phi) is 6.08. The summed E-state index contributed by atoms with van der Waals surface area (Å²) in [5.41, 5.74) is 6.91. The highest BCUT2D eigenvalue weighted by atomic mass is 32.2. The number of carbonyl (C=O) groups is 1. The van der Waals surface area contributed by atoms with E-state index in [4.69, 9.17) is 5.73 Å². The van der Waals surface area contributed by atoms with Gasteiger partial charge in [0.05, 0.1) is 5.69 Å². The van der Waals surface area contributed by atoms with Gasteiger partial charge in [-0.15, -0.1) is 0 Å². The van der Waals surface area contributed by atoms with Gasteiger partial charge in [0.2, 0.25) is 0 Å².